The Bertz CT molecular complexity index is 1300. The SMILES string of the molecule is CCOC(=O)C1=C(COC(=O)c2cccc(S(=O)(=O)N3CCc4ccccc4C3)c2)NC(=O)NC1. The summed E-state index contributed by atoms with van der Waals surface area (Å²) < 4.78 is 38.1. The summed E-state index contributed by atoms with van der Waals surface area (Å²) in [7, 11) is -3.84. The number of benzene rings is 2. The van der Waals surface area contributed by atoms with Crippen molar-refractivity contribution in [2.45, 2.75) is 24.8 Å². The second-order valence-corrected chi connectivity index (χ2v) is 9.88. The molecule has 10 nitrogen and oxygen atoms in total. The van der Waals surface area contributed by atoms with E-state index < -0.39 is 28.0 Å². The number of hydrogen-bond acceptors (Lipinski definition) is 7. The van der Waals surface area contributed by atoms with Crippen molar-refractivity contribution in [2.75, 3.05) is 26.3 Å². The summed E-state index contributed by atoms with van der Waals surface area (Å²) in [6, 6.07) is 12.8. The second kappa shape index (κ2) is 10.3. The quantitative estimate of drug-likeness (QED) is 0.555. The minimum atomic E-state index is -3.84. The first-order valence-corrected chi connectivity index (χ1v) is 12.5. The molecule has 2 aromatic rings. The van der Waals surface area contributed by atoms with E-state index in [1.165, 1.54) is 28.6 Å². The Kier molecular flexibility index (Phi) is 7.17. The molecule has 0 bridgehead atoms. The van der Waals surface area contributed by atoms with Gasteiger partial charge in [-0.15, -0.1) is 0 Å². The first kappa shape index (κ1) is 24.4. The van der Waals surface area contributed by atoms with Gasteiger partial charge in [0.15, 0.2) is 0 Å². The molecule has 2 aromatic carbocycles. The molecule has 0 radical (unpaired) electrons. The van der Waals surface area contributed by atoms with Crippen LogP contribution in [0.15, 0.2) is 64.7 Å². The van der Waals surface area contributed by atoms with Gasteiger partial charge in [-0.25, -0.2) is 22.8 Å². The Morgan fingerprint density at radius 2 is 1.80 bits per heavy atom. The molecule has 2 heterocycles. The first-order chi connectivity index (χ1) is 16.8. The molecule has 2 aliphatic heterocycles. The average molecular weight is 500 g/mol. The summed E-state index contributed by atoms with van der Waals surface area (Å²) in [5, 5.41) is 4.91. The molecule has 0 aliphatic carbocycles. The number of hydrogen-bond donors (Lipinski definition) is 2. The Labute approximate surface area is 202 Å². The van der Waals surface area contributed by atoms with Crippen molar-refractivity contribution in [2.24, 2.45) is 0 Å². The van der Waals surface area contributed by atoms with Crippen molar-refractivity contribution in [3.05, 3.63) is 76.5 Å². The highest BCUT2D eigenvalue weighted by Crippen LogP contribution is 2.25. The molecule has 0 saturated carbocycles. The maximum Gasteiger partial charge on any atom is 0.338 e. The lowest BCUT2D eigenvalue weighted by Crippen LogP contribution is -2.45. The van der Waals surface area contributed by atoms with Gasteiger partial charge in [-0.2, -0.15) is 4.31 Å². The second-order valence-electron chi connectivity index (χ2n) is 7.95. The number of esters is 2. The number of rotatable bonds is 7. The molecular weight excluding hydrogens is 474 g/mol. The Morgan fingerprint density at radius 1 is 1.03 bits per heavy atom. The molecule has 0 fully saturated rings. The van der Waals surface area contributed by atoms with Crippen LogP contribution >= 0.6 is 0 Å². The van der Waals surface area contributed by atoms with E-state index in [9.17, 15) is 22.8 Å². The molecule has 184 valence electrons. The van der Waals surface area contributed by atoms with E-state index in [0.29, 0.717) is 13.0 Å². The van der Waals surface area contributed by atoms with Gasteiger partial charge in [-0.05, 0) is 42.7 Å². The predicted molar refractivity (Wildman–Crippen MR) is 125 cm³/mol. The van der Waals surface area contributed by atoms with Crippen LogP contribution in [0, 0.1) is 0 Å². The van der Waals surface area contributed by atoms with Crippen molar-refractivity contribution in [3.63, 3.8) is 0 Å². The van der Waals surface area contributed by atoms with Crippen LogP contribution in [0.1, 0.15) is 28.4 Å². The summed E-state index contributed by atoms with van der Waals surface area (Å²) in [6.45, 7) is 1.94. The summed E-state index contributed by atoms with van der Waals surface area (Å²) in [5.74, 6) is -1.43. The van der Waals surface area contributed by atoms with Gasteiger partial charge in [0, 0.05) is 13.1 Å². The summed E-state index contributed by atoms with van der Waals surface area (Å²) >= 11 is 0. The van der Waals surface area contributed by atoms with Gasteiger partial charge >= 0.3 is 18.0 Å². The summed E-state index contributed by atoms with van der Waals surface area (Å²) in [6.07, 6.45) is 0.607. The fraction of sp³-hybridized carbons (Fsp3) is 0.292. The lowest BCUT2D eigenvalue weighted by Gasteiger charge is -2.28. The van der Waals surface area contributed by atoms with Crippen molar-refractivity contribution in [3.8, 4) is 0 Å². The third kappa shape index (κ3) is 5.36. The molecule has 0 saturated heterocycles. The summed E-state index contributed by atoms with van der Waals surface area (Å²) in [5.41, 5.74) is 2.35. The number of urea groups is 1. The van der Waals surface area contributed by atoms with E-state index in [0.717, 1.165) is 11.1 Å². The lowest BCUT2D eigenvalue weighted by molar-refractivity contribution is -0.138. The van der Waals surface area contributed by atoms with Crippen LogP contribution < -0.4 is 10.6 Å². The number of sulfonamides is 1. The van der Waals surface area contributed by atoms with Gasteiger partial charge in [-0.1, -0.05) is 30.3 Å². The molecule has 2 N–H and O–H groups in total. The van der Waals surface area contributed by atoms with Crippen LogP contribution in [0.5, 0.6) is 0 Å². The number of carbonyl (C=O) groups excluding carboxylic acids is 3. The monoisotopic (exact) mass is 499 g/mol. The highest BCUT2D eigenvalue weighted by Gasteiger charge is 2.29. The highest BCUT2D eigenvalue weighted by molar-refractivity contribution is 7.89. The van der Waals surface area contributed by atoms with E-state index in [1.807, 2.05) is 24.3 Å². The lowest BCUT2D eigenvalue weighted by atomic mass is 10.0. The van der Waals surface area contributed by atoms with Crippen molar-refractivity contribution in [1.29, 1.82) is 0 Å². The Balaban J connectivity index is 1.49. The average Bonchev–Trinajstić information content (AvgIpc) is 2.87. The first-order valence-electron chi connectivity index (χ1n) is 11.1. The molecule has 0 spiro atoms. The Morgan fingerprint density at radius 3 is 2.57 bits per heavy atom. The van der Waals surface area contributed by atoms with Gasteiger partial charge in [0.2, 0.25) is 10.0 Å². The van der Waals surface area contributed by atoms with Gasteiger partial charge in [0.25, 0.3) is 0 Å². The standard InChI is InChI=1S/C24H25N3O7S/c1-2-33-23(29)20-13-25-24(30)26-21(20)15-34-22(28)17-8-5-9-19(12-17)35(31,32)27-11-10-16-6-3-4-7-18(16)14-27/h3-9,12H,2,10-11,13-15H2,1H3,(H2,25,26,30). The molecule has 0 aromatic heterocycles. The van der Waals surface area contributed by atoms with Gasteiger partial charge in [-0.3, -0.25) is 0 Å². The largest absolute Gasteiger partial charge is 0.463 e. The van der Waals surface area contributed by atoms with Gasteiger partial charge in [0.05, 0.1) is 34.9 Å². The summed E-state index contributed by atoms with van der Waals surface area (Å²) in [4.78, 5) is 36.5. The highest BCUT2D eigenvalue weighted by atomic mass is 32.2. The molecule has 2 amide bonds. The zero-order valence-corrected chi connectivity index (χ0v) is 19.9. The van der Waals surface area contributed by atoms with Crippen molar-refractivity contribution >= 4 is 28.0 Å². The minimum Gasteiger partial charge on any atom is -0.463 e. The van der Waals surface area contributed by atoms with E-state index >= 15 is 0 Å². The Hall–Kier alpha value is -3.70. The predicted octanol–water partition coefficient (Wildman–Crippen LogP) is 1.72. The molecule has 0 atom stereocenters. The van der Waals surface area contributed by atoms with Gasteiger partial charge < -0.3 is 20.1 Å². The van der Waals surface area contributed by atoms with Crippen LogP contribution in [-0.4, -0.2) is 57.0 Å². The van der Waals surface area contributed by atoms with E-state index in [-0.39, 0.29) is 48.0 Å². The van der Waals surface area contributed by atoms with Crippen LogP contribution in [0.3, 0.4) is 0 Å². The molecule has 4 rings (SSSR count). The van der Waals surface area contributed by atoms with E-state index in [1.54, 1.807) is 6.92 Å². The van der Waals surface area contributed by atoms with Gasteiger partial charge in [0.1, 0.15) is 6.61 Å². The number of ether oxygens (including phenoxy) is 2. The zero-order valence-electron chi connectivity index (χ0n) is 19.1. The minimum absolute atomic E-state index is 0.0204. The molecule has 35 heavy (non-hydrogen) atoms. The molecule has 0 unspecified atom stereocenters. The topological polar surface area (TPSA) is 131 Å². The maximum atomic E-state index is 13.3. The fourth-order valence-corrected chi connectivity index (χ4v) is 5.36. The van der Waals surface area contributed by atoms with E-state index in [2.05, 4.69) is 10.6 Å². The van der Waals surface area contributed by atoms with Crippen molar-refractivity contribution < 1.29 is 32.3 Å². The zero-order chi connectivity index (χ0) is 25.0. The van der Waals surface area contributed by atoms with Crippen LogP contribution in [0.2, 0.25) is 0 Å². The third-order valence-corrected chi connectivity index (χ3v) is 7.57. The van der Waals surface area contributed by atoms with Crippen LogP contribution in [-0.2, 0) is 37.3 Å². The molecular formula is C24H25N3O7S. The third-order valence-electron chi connectivity index (χ3n) is 5.73. The maximum absolute atomic E-state index is 13.3. The number of carbonyl (C=O) groups is 3. The smallest absolute Gasteiger partial charge is 0.338 e. The van der Waals surface area contributed by atoms with Crippen LogP contribution in [0.25, 0.3) is 0 Å². The number of nitrogens with one attached hydrogen (secondary N) is 2. The molecule has 2 aliphatic rings. The van der Waals surface area contributed by atoms with E-state index in [4.69, 9.17) is 9.47 Å². The van der Waals surface area contributed by atoms with Crippen LogP contribution in [0.4, 0.5) is 4.79 Å². The number of amides is 2. The number of fused-ring (bicyclic) bond motifs is 1. The normalized spacial score (nSPS) is 16.1. The van der Waals surface area contributed by atoms with Crippen molar-refractivity contribution in [1.82, 2.24) is 14.9 Å². The number of nitrogens with zero attached hydrogens (tertiary/aromatic N) is 1. The molecule has 11 heteroatoms. The fourth-order valence-electron chi connectivity index (χ4n) is 3.90.